The van der Waals surface area contributed by atoms with Gasteiger partial charge in [-0.25, -0.2) is 4.39 Å². The van der Waals surface area contributed by atoms with E-state index < -0.39 is 6.04 Å². The first-order chi connectivity index (χ1) is 16.0. The molecule has 33 heavy (non-hydrogen) atoms. The van der Waals surface area contributed by atoms with Gasteiger partial charge >= 0.3 is 0 Å². The van der Waals surface area contributed by atoms with E-state index in [1.54, 1.807) is 16.8 Å². The topological polar surface area (TPSA) is 105 Å². The van der Waals surface area contributed by atoms with E-state index in [9.17, 15) is 14.0 Å². The molecule has 2 N–H and O–H groups in total. The molecule has 0 spiro atoms. The molecular formula is C23H26FN7O2. The van der Waals surface area contributed by atoms with Crippen LogP contribution < -0.4 is 15.5 Å². The van der Waals surface area contributed by atoms with Gasteiger partial charge in [0.25, 0.3) is 0 Å². The smallest absolute Gasteiger partial charge is 0.250 e. The number of halogens is 1. The van der Waals surface area contributed by atoms with E-state index in [1.165, 1.54) is 19.1 Å². The number of anilines is 1. The van der Waals surface area contributed by atoms with Gasteiger partial charge in [0, 0.05) is 32.5 Å². The number of carbonyl (C=O) groups excluding carboxylic acids is 2. The van der Waals surface area contributed by atoms with E-state index >= 15 is 0 Å². The van der Waals surface area contributed by atoms with Gasteiger partial charge in [0.2, 0.25) is 17.8 Å². The maximum atomic E-state index is 13.2. The summed E-state index contributed by atoms with van der Waals surface area (Å²) < 4.78 is 14.9. The molecule has 1 aromatic heterocycles. The summed E-state index contributed by atoms with van der Waals surface area (Å²) in [5.41, 5.74) is 1.65. The first-order valence-electron chi connectivity index (χ1n) is 10.9. The Labute approximate surface area is 191 Å². The minimum absolute atomic E-state index is 0.0284. The number of hydrogen-bond donors (Lipinski definition) is 2. The molecule has 172 valence electrons. The van der Waals surface area contributed by atoms with Crippen LogP contribution in [-0.4, -0.2) is 57.2 Å². The molecule has 0 bridgehead atoms. The van der Waals surface area contributed by atoms with Gasteiger partial charge in [-0.1, -0.05) is 35.4 Å². The third-order valence-electron chi connectivity index (χ3n) is 5.63. The molecule has 0 saturated carbocycles. The van der Waals surface area contributed by atoms with Crippen molar-refractivity contribution in [1.29, 1.82) is 0 Å². The largest absolute Gasteiger partial charge is 0.351 e. The Kier molecular flexibility index (Phi) is 6.92. The fourth-order valence-electron chi connectivity index (χ4n) is 3.95. The molecule has 1 fully saturated rings. The number of benzene rings is 2. The van der Waals surface area contributed by atoms with Gasteiger partial charge in [0.05, 0.1) is 5.69 Å². The van der Waals surface area contributed by atoms with Crippen LogP contribution in [-0.2, 0) is 16.0 Å². The van der Waals surface area contributed by atoms with Crippen LogP contribution in [0, 0.1) is 5.82 Å². The van der Waals surface area contributed by atoms with Gasteiger partial charge in [-0.15, -0.1) is 0 Å². The highest BCUT2D eigenvalue weighted by atomic mass is 19.1. The molecule has 3 aromatic rings. The summed E-state index contributed by atoms with van der Waals surface area (Å²) in [6.07, 6.45) is 1.73. The standard InChI is InChI=1S/C23H26FN7O2/c1-16(32)25-21(15-17-7-9-18(24)10-8-17)22(33)26-19-11-13-30(14-12-19)23-27-28-29-31(23)20-5-3-2-4-6-20/h2-10,19,21H,11-15H2,1H3,(H,25,32)(H,26,33). The summed E-state index contributed by atoms with van der Waals surface area (Å²) in [6.45, 7) is 2.74. The van der Waals surface area contributed by atoms with Crippen LogP contribution in [0.1, 0.15) is 25.3 Å². The Morgan fingerprint density at radius 1 is 1.09 bits per heavy atom. The summed E-state index contributed by atoms with van der Waals surface area (Å²) in [7, 11) is 0. The molecule has 2 heterocycles. The second kappa shape index (κ2) is 10.2. The van der Waals surface area contributed by atoms with E-state index in [0.29, 0.717) is 19.0 Å². The molecule has 1 atom stereocenters. The lowest BCUT2D eigenvalue weighted by molar-refractivity contribution is -0.128. The van der Waals surface area contributed by atoms with Crippen LogP contribution in [0.2, 0.25) is 0 Å². The van der Waals surface area contributed by atoms with E-state index in [4.69, 9.17) is 0 Å². The van der Waals surface area contributed by atoms with Gasteiger partial charge < -0.3 is 15.5 Å². The number of nitrogens with zero attached hydrogens (tertiary/aromatic N) is 5. The lowest BCUT2D eigenvalue weighted by Gasteiger charge is -2.33. The number of amides is 2. The fraction of sp³-hybridized carbons (Fsp3) is 0.348. The number of aromatic nitrogens is 4. The lowest BCUT2D eigenvalue weighted by Crippen LogP contribution is -2.52. The zero-order chi connectivity index (χ0) is 23.2. The SMILES string of the molecule is CC(=O)NC(Cc1ccc(F)cc1)C(=O)NC1CCN(c2nnnn2-c2ccccc2)CC1. The normalized spacial score (nSPS) is 15.2. The van der Waals surface area contributed by atoms with Crippen LogP contribution in [0.3, 0.4) is 0 Å². The molecule has 1 aliphatic heterocycles. The highest BCUT2D eigenvalue weighted by Gasteiger charge is 2.27. The van der Waals surface area contributed by atoms with Crippen LogP contribution in [0.5, 0.6) is 0 Å². The van der Waals surface area contributed by atoms with E-state index in [-0.39, 0.29) is 30.1 Å². The molecule has 9 nitrogen and oxygen atoms in total. The van der Waals surface area contributed by atoms with Gasteiger partial charge in [0.1, 0.15) is 11.9 Å². The summed E-state index contributed by atoms with van der Waals surface area (Å²) >= 11 is 0. The number of nitrogens with one attached hydrogen (secondary N) is 2. The van der Waals surface area contributed by atoms with Crippen molar-refractivity contribution < 1.29 is 14.0 Å². The van der Waals surface area contributed by atoms with Crippen molar-refractivity contribution >= 4 is 17.8 Å². The Hall–Kier alpha value is -3.82. The van der Waals surface area contributed by atoms with Crippen molar-refractivity contribution in [3.8, 4) is 5.69 Å². The highest BCUT2D eigenvalue weighted by molar-refractivity contribution is 5.87. The average molecular weight is 452 g/mol. The lowest BCUT2D eigenvalue weighted by atomic mass is 10.0. The number of hydrogen-bond acceptors (Lipinski definition) is 6. The zero-order valence-corrected chi connectivity index (χ0v) is 18.3. The van der Waals surface area contributed by atoms with Gasteiger partial charge in [0.15, 0.2) is 0 Å². The number of piperidine rings is 1. The first kappa shape index (κ1) is 22.4. The molecule has 2 aromatic carbocycles. The maximum absolute atomic E-state index is 13.2. The fourth-order valence-corrected chi connectivity index (χ4v) is 3.95. The number of rotatable bonds is 7. The Balaban J connectivity index is 1.36. The Morgan fingerprint density at radius 3 is 2.45 bits per heavy atom. The second-order valence-electron chi connectivity index (χ2n) is 8.08. The molecule has 4 rings (SSSR count). The minimum atomic E-state index is -0.726. The van der Waals surface area contributed by atoms with Crippen molar-refractivity contribution in [2.24, 2.45) is 0 Å². The molecule has 10 heteroatoms. The van der Waals surface area contributed by atoms with Gasteiger partial charge in [-0.3, -0.25) is 9.59 Å². The van der Waals surface area contributed by atoms with E-state index in [2.05, 4.69) is 31.1 Å². The van der Waals surface area contributed by atoms with Crippen LogP contribution in [0.15, 0.2) is 54.6 Å². The number of tetrazole rings is 1. The molecule has 1 saturated heterocycles. The van der Waals surface area contributed by atoms with Gasteiger partial charge in [-0.05, 0) is 53.1 Å². The summed E-state index contributed by atoms with van der Waals surface area (Å²) in [5.74, 6) is -0.218. The van der Waals surface area contributed by atoms with Crippen molar-refractivity contribution in [1.82, 2.24) is 30.8 Å². The van der Waals surface area contributed by atoms with E-state index in [0.717, 1.165) is 24.1 Å². The molecule has 2 amide bonds. The van der Waals surface area contributed by atoms with E-state index in [1.807, 2.05) is 30.3 Å². The van der Waals surface area contributed by atoms with Crippen LogP contribution in [0.4, 0.5) is 10.3 Å². The molecule has 1 aliphatic rings. The maximum Gasteiger partial charge on any atom is 0.250 e. The molecule has 1 unspecified atom stereocenters. The van der Waals surface area contributed by atoms with Crippen LogP contribution >= 0.6 is 0 Å². The summed E-state index contributed by atoms with van der Waals surface area (Å²) in [4.78, 5) is 26.7. The predicted octanol–water partition coefficient (Wildman–Crippen LogP) is 1.63. The highest BCUT2D eigenvalue weighted by Crippen LogP contribution is 2.20. The third-order valence-corrected chi connectivity index (χ3v) is 5.63. The minimum Gasteiger partial charge on any atom is -0.351 e. The molecule has 0 radical (unpaired) electrons. The average Bonchev–Trinajstić information content (AvgIpc) is 3.31. The zero-order valence-electron chi connectivity index (χ0n) is 18.3. The molecular weight excluding hydrogens is 425 g/mol. The molecule has 0 aliphatic carbocycles. The van der Waals surface area contributed by atoms with Crippen molar-refractivity contribution in [2.75, 3.05) is 18.0 Å². The Morgan fingerprint density at radius 2 is 1.79 bits per heavy atom. The number of para-hydroxylation sites is 1. The van der Waals surface area contributed by atoms with Crippen molar-refractivity contribution in [3.05, 3.63) is 66.0 Å². The second-order valence-corrected chi connectivity index (χ2v) is 8.08. The van der Waals surface area contributed by atoms with Crippen molar-refractivity contribution in [3.63, 3.8) is 0 Å². The summed E-state index contributed by atoms with van der Waals surface area (Å²) in [5, 5.41) is 17.9. The predicted molar refractivity (Wildman–Crippen MR) is 120 cm³/mol. The van der Waals surface area contributed by atoms with Crippen LogP contribution in [0.25, 0.3) is 5.69 Å². The summed E-state index contributed by atoms with van der Waals surface area (Å²) in [6, 6.07) is 14.8. The van der Waals surface area contributed by atoms with Crippen molar-refractivity contribution in [2.45, 2.75) is 38.3 Å². The third kappa shape index (κ3) is 5.71. The first-order valence-corrected chi connectivity index (χ1v) is 10.9. The van der Waals surface area contributed by atoms with Gasteiger partial charge in [-0.2, -0.15) is 4.68 Å². The quantitative estimate of drug-likeness (QED) is 0.566. The number of carbonyl (C=O) groups is 2. The Bertz CT molecular complexity index is 1080. The monoisotopic (exact) mass is 451 g/mol.